The number of amides is 1. The Labute approximate surface area is 113 Å². The fourth-order valence-corrected chi connectivity index (χ4v) is 3.08. The number of benzene rings is 1. The molecule has 0 bridgehead atoms. The Morgan fingerprint density at radius 2 is 2.26 bits per heavy atom. The molecule has 0 saturated heterocycles. The summed E-state index contributed by atoms with van der Waals surface area (Å²) in [6.45, 7) is 4.38. The van der Waals surface area contributed by atoms with Gasteiger partial charge in [-0.3, -0.25) is 9.10 Å². The van der Waals surface area contributed by atoms with Gasteiger partial charge in [-0.1, -0.05) is 6.08 Å². The SMILES string of the molecule is C=CCNC(=O)c1ccc2c(c1)CCN2S(C)(=O)=O. The van der Waals surface area contributed by atoms with E-state index in [0.29, 0.717) is 30.8 Å². The van der Waals surface area contributed by atoms with Gasteiger partial charge in [0.25, 0.3) is 5.91 Å². The Morgan fingerprint density at radius 3 is 2.89 bits per heavy atom. The van der Waals surface area contributed by atoms with Crippen LogP contribution in [-0.2, 0) is 16.4 Å². The molecule has 6 heteroatoms. The summed E-state index contributed by atoms with van der Waals surface area (Å²) in [4.78, 5) is 11.8. The quantitative estimate of drug-likeness (QED) is 0.834. The first-order valence-electron chi connectivity index (χ1n) is 5.93. The van der Waals surface area contributed by atoms with E-state index < -0.39 is 10.0 Å². The van der Waals surface area contributed by atoms with Crippen molar-refractivity contribution in [1.82, 2.24) is 5.32 Å². The third-order valence-electron chi connectivity index (χ3n) is 3.00. The molecule has 0 saturated carbocycles. The summed E-state index contributed by atoms with van der Waals surface area (Å²) in [6, 6.07) is 5.08. The number of nitrogens with zero attached hydrogens (tertiary/aromatic N) is 1. The molecule has 1 aromatic rings. The maximum Gasteiger partial charge on any atom is 0.251 e. The Kier molecular flexibility index (Phi) is 3.61. The molecule has 1 amide bonds. The first kappa shape index (κ1) is 13.6. The maximum absolute atomic E-state index is 11.8. The molecule has 1 aromatic carbocycles. The van der Waals surface area contributed by atoms with Crippen molar-refractivity contribution in [2.45, 2.75) is 6.42 Å². The molecule has 1 heterocycles. The number of rotatable bonds is 4. The zero-order valence-corrected chi connectivity index (χ0v) is 11.5. The van der Waals surface area contributed by atoms with Crippen LogP contribution < -0.4 is 9.62 Å². The molecule has 0 aliphatic carbocycles. The van der Waals surface area contributed by atoms with E-state index in [1.807, 2.05) is 0 Å². The summed E-state index contributed by atoms with van der Waals surface area (Å²) >= 11 is 0. The van der Waals surface area contributed by atoms with E-state index in [9.17, 15) is 13.2 Å². The molecule has 0 fully saturated rings. The minimum Gasteiger partial charge on any atom is -0.349 e. The Bertz CT molecular complexity index is 623. The number of carbonyl (C=O) groups is 1. The van der Waals surface area contributed by atoms with Gasteiger partial charge in [-0.05, 0) is 30.2 Å². The van der Waals surface area contributed by atoms with E-state index in [2.05, 4.69) is 11.9 Å². The highest BCUT2D eigenvalue weighted by Crippen LogP contribution is 2.30. The van der Waals surface area contributed by atoms with Crippen LogP contribution in [0, 0.1) is 0 Å². The largest absolute Gasteiger partial charge is 0.349 e. The van der Waals surface area contributed by atoms with E-state index in [0.717, 1.165) is 5.56 Å². The number of fused-ring (bicyclic) bond motifs is 1. The number of anilines is 1. The minimum absolute atomic E-state index is 0.180. The molecule has 19 heavy (non-hydrogen) atoms. The summed E-state index contributed by atoms with van der Waals surface area (Å²) < 4.78 is 24.6. The van der Waals surface area contributed by atoms with Crippen molar-refractivity contribution < 1.29 is 13.2 Å². The van der Waals surface area contributed by atoms with Crippen molar-refractivity contribution in [2.75, 3.05) is 23.7 Å². The molecule has 0 radical (unpaired) electrons. The van der Waals surface area contributed by atoms with Crippen LogP contribution in [-0.4, -0.2) is 33.7 Å². The lowest BCUT2D eigenvalue weighted by Gasteiger charge is -2.16. The average molecular weight is 280 g/mol. The molecule has 1 aliphatic heterocycles. The van der Waals surface area contributed by atoms with Crippen LogP contribution in [0.5, 0.6) is 0 Å². The zero-order chi connectivity index (χ0) is 14.0. The average Bonchev–Trinajstić information content (AvgIpc) is 2.78. The van der Waals surface area contributed by atoms with Crippen LogP contribution in [0.4, 0.5) is 5.69 Å². The van der Waals surface area contributed by atoms with Gasteiger partial charge in [-0.15, -0.1) is 6.58 Å². The van der Waals surface area contributed by atoms with Crippen molar-refractivity contribution in [3.8, 4) is 0 Å². The Morgan fingerprint density at radius 1 is 1.53 bits per heavy atom. The van der Waals surface area contributed by atoms with Crippen molar-refractivity contribution in [3.05, 3.63) is 42.0 Å². The van der Waals surface area contributed by atoms with E-state index in [4.69, 9.17) is 0 Å². The molecule has 0 atom stereocenters. The van der Waals surface area contributed by atoms with Crippen molar-refractivity contribution in [3.63, 3.8) is 0 Å². The molecule has 1 aliphatic rings. The molecule has 2 rings (SSSR count). The lowest BCUT2D eigenvalue weighted by atomic mass is 10.1. The predicted octanol–water partition coefficient (Wildman–Crippen LogP) is 0.925. The highest BCUT2D eigenvalue weighted by Gasteiger charge is 2.26. The smallest absolute Gasteiger partial charge is 0.251 e. The molecule has 102 valence electrons. The highest BCUT2D eigenvalue weighted by atomic mass is 32.2. The number of nitrogens with one attached hydrogen (secondary N) is 1. The van der Waals surface area contributed by atoms with Gasteiger partial charge < -0.3 is 5.32 Å². The first-order chi connectivity index (χ1) is 8.93. The molecular weight excluding hydrogens is 264 g/mol. The van der Waals surface area contributed by atoms with Crippen molar-refractivity contribution in [2.24, 2.45) is 0 Å². The number of hydrogen-bond acceptors (Lipinski definition) is 3. The molecule has 1 N–H and O–H groups in total. The third kappa shape index (κ3) is 2.78. The summed E-state index contributed by atoms with van der Waals surface area (Å²) in [7, 11) is -3.24. The second kappa shape index (κ2) is 5.05. The summed E-state index contributed by atoms with van der Waals surface area (Å²) in [5, 5.41) is 2.69. The lowest BCUT2D eigenvalue weighted by Crippen LogP contribution is -2.27. The lowest BCUT2D eigenvalue weighted by molar-refractivity contribution is 0.0958. The fourth-order valence-electron chi connectivity index (χ4n) is 2.12. The molecule has 0 unspecified atom stereocenters. The van der Waals surface area contributed by atoms with Crippen LogP contribution in [0.2, 0.25) is 0 Å². The highest BCUT2D eigenvalue weighted by molar-refractivity contribution is 7.92. The van der Waals surface area contributed by atoms with Gasteiger partial charge in [0.2, 0.25) is 10.0 Å². The van der Waals surface area contributed by atoms with Gasteiger partial charge in [0.15, 0.2) is 0 Å². The molecular formula is C13H16N2O3S. The van der Waals surface area contributed by atoms with Gasteiger partial charge in [-0.25, -0.2) is 8.42 Å². The van der Waals surface area contributed by atoms with Crippen molar-refractivity contribution >= 4 is 21.6 Å². The topological polar surface area (TPSA) is 66.5 Å². The standard InChI is InChI=1S/C13H16N2O3S/c1-3-7-14-13(16)11-4-5-12-10(9-11)6-8-15(12)19(2,17)18/h3-5,9H,1,6-8H2,2H3,(H,14,16). The second-order valence-corrected chi connectivity index (χ2v) is 6.33. The Hall–Kier alpha value is -1.82. The summed E-state index contributed by atoms with van der Waals surface area (Å²) in [6.07, 6.45) is 3.43. The molecule has 0 spiro atoms. The van der Waals surface area contributed by atoms with Gasteiger partial charge in [-0.2, -0.15) is 0 Å². The fraction of sp³-hybridized carbons (Fsp3) is 0.308. The molecule has 0 aromatic heterocycles. The van der Waals surface area contributed by atoms with Gasteiger partial charge in [0.05, 0.1) is 11.9 Å². The van der Waals surface area contributed by atoms with Crippen LogP contribution in [0.3, 0.4) is 0 Å². The van der Waals surface area contributed by atoms with Gasteiger partial charge in [0.1, 0.15) is 0 Å². The third-order valence-corrected chi connectivity index (χ3v) is 4.18. The predicted molar refractivity (Wildman–Crippen MR) is 74.9 cm³/mol. The summed E-state index contributed by atoms with van der Waals surface area (Å²) in [5.74, 6) is -0.180. The van der Waals surface area contributed by atoms with E-state index in [-0.39, 0.29) is 5.91 Å². The van der Waals surface area contributed by atoms with Crippen molar-refractivity contribution in [1.29, 1.82) is 0 Å². The monoisotopic (exact) mass is 280 g/mol. The van der Waals surface area contributed by atoms with Crippen LogP contribution in [0.15, 0.2) is 30.9 Å². The summed E-state index contributed by atoms with van der Waals surface area (Å²) in [5.41, 5.74) is 2.09. The van der Waals surface area contributed by atoms with E-state index >= 15 is 0 Å². The molecule has 5 nitrogen and oxygen atoms in total. The van der Waals surface area contributed by atoms with Gasteiger partial charge >= 0.3 is 0 Å². The first-order valence-corrected chi connectivity index (χ1v) is 7.78. The normalized spacial score (nSPS) is 14.1. The van der Waals surface area contributed by atoms with Gasteiger partial charge in [0, 0.05) is 18.7 Å². The Balaban J connectivity index is 2.27. The number of hydrogen-bond donors (Lipinski definition) is 1. The minimum atomic E-state index is -3.24. The van der Waals surface area contributed by atoms with Crippen LogP contribution in [0.25, 0.3) is 0 Å². The van der Waals surface area contributed by atoms with Crippen LogP contribution >= 0.6 is 0 Å². The maximum atomic E-state index is 11.8. The zero-order valence-electron chi connectivity index (χ0n) is 10.7. The number of carbonyl (C=O) groups excluding carboxylic acids is 1. The van der Waals surface area contributed by atoms with E-state index in [1.165, 1.54) is 10.6 Å². The van der Waals surface area contributed by atoms with E-state index in [1.54, 1.807) is 24.3 Å². The van der Waals surface area contributed by atoms with Crippen LogP contribution in [0.1, 0.15) is 15.9 Å². The second-order valence-electron chi connectivity index (χ2n) is 4.43. The number of sulfonamides is 1.